The molecule has 1 saturated carbocycles. The van der Waals surface area contributed by atoms with Crippen molar-refractivity contribution in [3.05, 3.63) is 34.4 Å². The van der Waals surface area contributed by atoms with E-state index in [-0.39, 0.29) is 18.0 Å². The Morgan fingerprint density at radius 1 is 1.33 bits per heavy atom. The Labute approximate surface area is 120 Å². The Morgan fingerprint density at radius 3 is 2.43 bits per heavy atom. The zero-order valence-electron chi connectivity index (χ0n) is 11.3. The molecule has 8 heteroatoms. The van der Waals surface area contributed by atoms with Crippen LogP contribution in [0, 0.1) is 10.1 Å². The van der Waals surface area contributed by atoms with E-state index in [0.717, 1.165) is 0 Å². The summed E-state index contributed by atoms with van der Waals surface area (Å²) in [6.07, 6.45) is 0.206. The first-order chi connectivity index (χ1) is 9.97. The number of rotatable bonds is 5. The molecule has 1 aromatic rings. The fourth-order valence-corrected chi connectivity index (χ4v) is 1.74. The van der Waals surface area contributed by atoms with E-state index in [9.17, 15) is 19.7 Å². The largest absolute Gasteiger partial charge is 0.464 e. The normalized spacial score (nSPS) is 14.9. The first-order valence-corrected chi connectivity index (χ1v) is 6.38. The number of hydrogen-bond donors (Lipinski definition) is 1. The van der Waals surface area contributed by atoms with Crippen molar-refractivity contribution in [3.8, 4) is 5.75 Å². The van der Waals surface area contributed by atoms with Crippen molar-refractivity contribution in [2.45, 2.75) is 25.3 Å². The molecule has 0 aromatic heterocycles. The Morgan fingerprint density at radius 2 is 1.95 bits per heavy atom. The van der Waals surface area contributed by atoms with Crippen LogP contribution in [0.25, 0.3) is 0 Å². The topological polar surface area (TPSA) is 108 Å². The third kappa shape index (κ3) is 3.47. The van der Waals surface area contributed by atoms with Gasteiger partial charge < -0.3 is 14.8 Å². The summed E-state index contributed by atoms with van der Waals surface area (Å²) >= 11 is 0. The summed E-state index contributed by atoms with van der Waals surface area (Å²) in [5.41, 5.74) is -1.10. The Bertz CT molecular complexity index is 565. The standard InChI is InChI=1S/C13H14N2O6/c1-2-20-11(16)13(7-8-13)14-12(17)21-10-5-3-9(4-6-10)15(18)19/h3-6H,2,7-8H2,1H3,(H,14,17). The van der Waals surface area contributed by atoms with Gasteiger partial charge in [-0.3, -0.25) is 10.1 Å². The molecule has 0 atom stereocenters. The number of nitrogens with zero attached hydrogens (tertiary/aromatic N) is 1. The highest BCUT2D eigenvalue weighted by molar-refractivity contribution is 5.89. The van der Waals surface area contributed by atoms with Crippen LogP contribution in [0.5, 0.6) is 5.75 Å². The van der Waals surface area contributed by atoms with Gasteiger partial charge in [0.25, 0.3) is 5.69 Å². The highest BCUT2D eigenvalue weighted by atomic mass is 16.6. The molecule has 21 heavy (non-hydrogen) atoms. The third-order valence-electron chi connectivity index (χ3n) is 3.02. The molecule has 0 spiro atoms. The fourth-order valence-electron chi connectivity index (χ4n) is 1.74. The summed E-state index contributed by atoms with van der Waals surface area (Å²) in [6, 6.07) is 5.06. The van der Waals surface area contributed by atoms with Gasteiger partial charge in [-0.25, -0.2) is 9.59 Å². The predicted molar refractivity (Wildman–Crippen MR) is 70.9 cm³/mol. The van der Waals surface area contributed by atoms with Gasteiger partial charge in [0.05, 0.1) is 11.5 Å². The number of carbonyl (C=O) groups excluding carboxylic acids is 2. The Kier molecular flexibility index (Phi) is 4.06. The maximum atomic E-state index is 11.7. The minimum Gasteiger partial charge on any atom is -0.464 e. The number of ether oxygens (including phenoxy) is 2. The molecular weight excluding hydrogens is 280 g/mol. The van der Waals surface area contributed by atoms with Gasteiger partial charge in [-0.05, 0) is 31.9 Å². The summed E-state index contributed by atoms with van der Waals surface area (Å²) in [7, 11) is 0. The number of esters is 1. The van der Waals surface area contributed by atoms with Crippen LogP contribution < -0.4 is 10.1 Å². The molecule has 1 fully saturated rings. The van der Waals surface area contributed by atoms with Gasteiger partial charge in [-0.1, -0.05) is 0 Å². The van der Waals surface area contributed by atoms with E-state index in [4.69, 9.17) is 9.47 Å². The number of benzene rings is 1. The molecule has 0 unspecified atom stereocenters. The molecule has 1 aliphatic carbocycles. The first kappa shape index (κ1) is 14.8. The van der Waals surface area contributed by atoms with Gasteiger partial charge in [0.2, 0.25) is 0 Å². The van der Waals surface area contributed by atoms with Crippen LogP contribution in [0.2, 0.25) is 0 Å². The molecule has 1 amide bonds. The minimum atomic E-state index is -0.992. The van der Waals surface area contributed by atoms with Crippen LogP contribution >= 0.6 is 0 Å². The lowest BCUT2D eigenvalue weighted by molar-refractivity contribution is -0.384. The lowest BCUT2D eigenvalue weighted by atomic mass is 10.3. The van der Waals surface area contributed by atoms with Crippen molar-refractivity contribution in [1.29, 1.82) is 0 Å². The SMILES string of the molecule is CCOC(=O)C1(NC(=O)Oc2ccc([N+](=O)[O-])cc2)CC1. The maximum absolute atomic E-state index is 11.7. The summed E-state index contributed by atoms with van der Waals surface area (Å²) in [5, 5.41) is 13.0. The van der Waals surface area contributed by atoms with Crippen LogP contribution in [0.1, 0.15) is 19.8 Å². The van der Waals surface area contributed by atoms with Gasteiger partial charge in [0.15, 0.2) is 0 Å². The number of nitro groups is 1. The number of amides is 1. The second kappa shape index (κ2) is 5.78. The van der Waals surface area contributed by atoms with E-state index in [2.05, 4.69) is 5.32 Å². The molecule has 112 valence electrons. The monoisotopic (exact) mass is 294 g/mol. The number of carbonyl (C=O) groups is 2. The van der Waals surface area contributed by atoms with Crippen LogP contribution in [0.4, 0.5) is 10.5 Å². The van der Waals surface area contributed by atoms with Gasteiger partial charge in [-0.2, -0.15) is 0 Å². The van der Waals surface area contributed by atoms with E-state index in [1.807, 2.05) is 0 Å². The highest BCUT2D eigenvalue weighted by Gasteiger charge is 2.53. The number of nitrogens with one attached hydrogen (secondary N) is 1. The van der Waals surface area contributed by atoms with Gasteiger partial charge in [-0.15, -0.1) is 0 Å². The average molecular weight is 294 g/mol. The summed E-state index contributed by atoms with van der Waals surface area (Å²) in [4.78, 5) is 33.3. The average Bonchev–Trinajstić information content (AvgIpc) is 3.20. The molecular formula is C13H14N2O6. The second-order valence-electron chi connectivity index (χ2n) is 4.57. The summed E-state index contributed by atoms with van der Waals surface area (Å²) < 4.78 is 9.85. The zero-order valence-corrected chi connectivity index (χ0v) is 11.3. The van der Waals surface area contributed by atoms with Crippen LogP contribution in [0.3, 0.4) is 0 Å². The maximum Gasteiger partial charge on any atom is 0.413 e. The summed E-state index contributed by atoms with van der Waals surface area (Å²) in [6.45, 7) is 1.92. The lowest BCUT2D eigenvalue weighted by Crippen LogP contribution is -2.45. The van der Waals surface area contributed by atoms with Crippen molar-refractivity contribution in [1.82, 2.24) is 5.32 Å². The Hall–Kier alpha value is -2.64. The molecule has 1 aromatic carbocycles. The number of non-ortho nitro benzene ring substituents is 1. The molecule has 0 heterocycles. The molecule has 2 rings (SSSR count). The first-order valence-electron chi connectivity index (χ1n) is 6.38. The van der Waals surface area contributed by atoms with Crippen molar-refractivity contribution >= 4 is 17.7 Å². The third-order valence-corrected chi connectivity index (χ3v) is 3.02. The fraction of sp³-hybridized carbons (Fsp3) is 0.385. The van der Waals surface area contributed by atoms with Crippen LogP contribution in [0.15, 0.2) is 24.3 Å². The minimum absolute atomic E-state index is 0.104. The van der Waals surface area contributed by atoms with Crippen LogP contribution in [-0.4, -0.2) is 29.1 Å². The molecule has 1 aliphatic rings. The molecule has 0 aliphatic heterocycles. The molecule has 0 saturated heterocycles. The lowest BCUT2D eigenvalue weighted by Gasteiger charge is -2.15. The zero-order chi connectivity index (χ0) is 15.5. The van der Waals surface area contributed by atoms with E-state index < -0.39 is 22.5 Å². The van der Waals surface area contributed by atoms with E-state index in [0.29, 0.717) is 12.8 Å². The van der Waals surface area contributed by atoms with Gasteiger partial charge in [0, 0.05) is 12.1 Å². The summed E-state index contributed by atoms with van der Waals surface area (Å²) in [5.74, 6) is -0.330. The van der Waals surface area contributed by atoms with Crippen molar-refractivity contribution in [2.24, 2.45) is 0 Å². The molecule has 0 bridgehead atoms. The molecule has 8 nitrogen and oxygen atoms in total. The van der Waals surface area contributed by atoms with E-state index in [1.54, 1.807) is 6.92 Å². The molecule has 0 radical (unpaired) electrons. The smallest absolute Gasteiger partial charge is 0.413 e. The van der Waals surface area contributed by atoms with Gasteiger partial charge >= 0.3 is 12.1 Å². The van der Waals surface area contributed by atoms with E-state index >= 15 is 0 Å². The number of nitro benzene ring substituents is 1. The van der Waals surface area contributed by atoms with Crippen molar-refractivity contribution < 1.29 is 24.0 Å². The second-order valence-corrected chi connectivity index (χ2v) is 4.57. The molecule has 1 N–H and O–H groups in total. The van der Waals surface area contributed by atoms with E-state index in [1.165, 1.54) is 24.3 Å². The number of hydrogen-bond acceptors (Lipinski definition) is 6. The highest BCUT2D eigenvalue weighted by Crippen LogP contribution is 2.36. The predicted octanol–water partition coefficient (Wildman–Crippen LogP) is 1.78. The van der Waals surface area contributed by atoms with Crippen molar-refractivity contribution in [2.75, 3.05) is 6.61 Å². The van der Waals surface area contributed by atoms with Gasteiger partial charge in [0.1, 0.15) is 11.3 Å². The quantitative estimate of drug-likeness (QED) is 0.504. The van der Waals surface area contributed by atoms with Crippen molar-refractivity contribution in [3.63, 3.8) is 0 Å². The van der Waals surface area contributed by atoms with Crippen LogP contribution in [-0.2, 0) is 9.53 Å². The Balaban J connectivity index is 1.93.